The molecule has 1 heterocycles. The zero-order valence-electron chi connectivity index (χ0n) is 13.1. The zero-order valence-corrected chi connectivity index (χ0v) is 13.1. The van der Waals surface area contributed by atoms with Crippen LogP contribution in [0, 0.1) is 11.3 Å². The third-order valence-electron chi connectivity index (χ3n) is 4.08. The monoisotopic (exact) mass is 284 g/mol. The van der Waals surface area contributed by atoms with Crippen LogP contribution in [0.1, 0.15) is 62.8 Å². The zero-order chi connectivity index (χ0) is 15.1. The van der Waals surface area contributed by atoms with Gasteiger partial charge in [-0.3, -0.25) is 0 Å². The Morgan fingerprint density at radius 2 is 2.10 bits per heavy atom. The molecule has 0 saturated heterocycles. The van der Waals surface area contributed by atoms with Gasteiger partial charge in [-0.2, -0.15) is 10.4 Å². The number of nitrogens with zero attached hydrogens (tertiary/aromatic N) is 3. The van der Waals surface area contributed by atoms with Crippen LogP contribution in [0.4, 0.5) is 5.82 Å². The number of nitrogens with one attached hydrogen (secondary N) is 1. The van der Waals surface area contributed by atoms with Crippen LogP contribution < -0.4 is 5.32 Å². The van der Waals surface area contributed by atoms with Crippen molar-refractivity contribution in [2.75, 3.05) is 11.9 Å². The van der Waals surface area contributed by atoms with Gasteiger partial charge in [-0.1, -0.05) is 25.5 Å². The average molecular weight is 284 g/mol. The molecule has 21 heavy (non-hydrogen) atoms. The Labute approximate surface area is 127 Å². The van der Waals surface area contributed by atoms with Gasteiger partial charge in [0.05, 0.1) is 5.69 Å². The maximum atomic E-state index is 9.43. The van der Waals surface area contributed by atoms with Gasteiger partial charge in [-0.05, 0) is 50.5 Å². The van der Waals surface area contributed by atoms with Crippen LogP contribution in [0.3, 0.4) is 0 Å². The van der Waals surface area contributed by atoms with Gasteiger partial charge in [0.2, 0.25) is 0 Å². The Morgan fingerprint density at radius 1 is 1.24 bits per heavy atom. The normalized spacial score (nSPS) is 14.4. The van der Waals surface area contributed by atoms with Crippen molar-refractivity contribution in [3.63, 3.8) is 0 Å². The molecule has 1 aromatic heterocycles. The largest absolute Gasteiger partial charge is 0.367 e. The number of hydrogen-bond donors (Lipinski definition) is 1. The van der Waals surface area contributed by atoms with Crippen LogP contribution in [0.25, 0.3) is 0 Å². The van der Waals surface area contributed by atoms with E-state index in [-0.39, 0.29) is 0 Å². The van der Waals surface area contributed by atoms with E-state index in [1.54, 1.807) is 0 Å². The Hall–Kier alpha value is -1.89. The summed E-state index contributed by atoms with van der Waals surface area (Å²) < 4.78 is 0. The summed E-state index contributed by atoms with van der Waals surface area (Å²) >= 11 is 0. The van der Waals surface area contributed by atoms with Crippen molar-refractivity contribution >= 4 is 5.82 Å². The van der Waals surface area contributed by atoms with E-state index in [1.165, 1.54) is 31.3 Å². The summed E-state index contributed by atoms with van der Waals surface area (Å²) in [6.45, 7) is 4.93. The molecule has 2 rings (SSSR count). The van der Waals surface area contributed by atoms with E-state index in [2.05, 4.69) is 34.6 Å². The molecule has 0 aliphatic heterocycles. The lowest BCUT2D eigenvalue weighted by molar-refractivity contribution is 0.679. The first-order valence-electron chi connectivity index (χ1n) is 8.00. The number of rotatable bonds is 6. The van der Waals surface area contributed by atoms with Gasteiger partial charge in [0.1, 0.15) is 11.6 Å². The molecule has 1 aliphatic rings. The molecule has 0 amide bonds. The lowest BCUT2D eigenvalue weighted by atomic mass is 9.97. The number of aromatic nitrogens is 2. The molecule has 0 bridgehead atoms. The van der Waals surface area contributed by atoms with Crippen LogP contribution in [-0.2, 0) is 12.8 Å². The minimum absolute atomic E-state index is 0.642. The average Bonchev–Trinajstić information content (AvgIpc) is 2.55. The Kier molecular flexibility index (Phi) is 5.74. The van der Waals surface area contributed by atoms with Crippen molar-refractivity contribution in [2.45, 2.75) is 58.8 Å². The molecular weight excluding hydrogens is 260 g/mol. The summed E-state index contributed by atoms with van der Waals surface area (Å²) in [7, 11) is 0. The van der Waals surface area contributed by atoms with Crippen molar-refractivity contribution in [2.24, 2.45) is 0 Å². The van der Waals surface area contributed by atoms with Gasteiger partial charge in [0, 0.05) is 6.54 Å². The molecule has 0 atom stereocenters. The molecule has 1 aliphatic carbocycles. The highest BCUT2D eigenvalue weighted by molar-refractivity contribution is 5.56. The first-order valence-corrected chi connectivity index (χ1v) is 8.00. The fraction of sp³-hybridized carbons (Fsp3) is 0.588. The highest BCUT2D eigenvalue weighted by Crippen LogP contribution is 2.22. The molecule has 1 aromatic rings. The molecule has 4 nitrogen and oxygen atoms in total. The molecule has 0 unspecified atom stereocenters. The van der Waals surface area contributed by atoms with Crippen molar-refractivity contribution in [3.05, 3.63) is 28.5 Å². The van der Waals surface area contributed by atoms with E-state index in [9.17, 15) is 5.26 Å². The summed E-state index contributed by atoms with van der Waals surface area (Å²) in [5, 5.41) is 21.2. The topological polar surface area (TPSA) is 61.6 Å². The van der Waals surface area contributed by atoms with Crippen LogP contribution >= 0.6 is 0 Å². The lowest BCUT2D eigenvalue weighted by Crippen LogP contribution is -2.11. The molecule has 4 heteroatoms. The SMILES string of the molecule is CCc1nnc(NCCC2=CCCCC2)c(C#N)c1CC. The van der Waals surface area contributed by atoms with E-state index in [4.69, 9.17) is 0 Å². The van der Waals surface area contributed by atoms with Crippen molar-refractivity contribution in [1.82, 2.24) is 10.2 Å². The first kappa shape index (κ1) is 15.5. The summed E-state index contributed by atoms with van der Waals surface area (Å²) in [4.78, 5) is 0. The predicted octanol–water partition coefficient (Wildman–Crippen LogP) is 3.78. The van der Waals surface area contributed by atoms with E-state index >= 15 is 0 Å². The minimum atomic E-state index is 0.642. The quantitative estimate of drug-likeness (QED) is 0.808. The lowest BCUT2D eigenvalue weighted by Gasteiger charge is -2.14. The molecule has 0 fully saturated rings. The summed E-state index contributed by atoms with van der Waals surface area (Å²) in [5.74, 6) is 0.642. The summed E-state index contributed by atoms with van der Waals surface area (Å²) in [6, 6.07) is 2.30. The van der Waals surface area contributed by atoms with Gasteiger partial charge in [0.25, 0.3) is 0 Å². The molecule has 0 saturated carbocycles. The number of allylic oxidation sites excluding steroid dienone is 1. The number of anilines is 1. The number of aryl methyl sites for hydroxylation is 1. The Balaban J connectivity index is 2.06. The highest BCUT2D eigenvalue weighted by atomic mass is 15.2. The molecule has 0 aromatic carbocycles. The summed E-state index contributed by atoms with van der Waals surface area (Å²) in [5.41, 5.74) is 4.17. The second kappa shape index (κ2) is 7.78. The van der Waals surface area contributed by atoms with Crippen molar-refractivity contribution < 1.29 is 0 Å². The fourth-order valence-electron chi connectivity index (χ4n) is 2.89. The fourth-order valence-corrected chi connectivity index (χ4v) is 2.89. The molecule has 0 spiro atoms. The molecule has 0 radical (unpaired) electrons. The maximum Gasteiger partial charge on any atom is 0.166 e. The van der Waals surface area contributed by atoms with Crippen LogP contribution in [0.2, 0.25) is 0 Å². The smallest absolute Gasteiger partial charge is 0.166 e. The summed E-state index contributed by atoms with van der Waals surface area (Å²) in [6.07, 6.45) is 10.1. The highest BCUT2D eigenvalue weighted by Gasteiger charge is 2.14. The van der Waals surface area contributed by atoms with Crippen LogP contribution in [-0.4, -0.2) is 16.7 Å². The van der Waals surface area contributed by atoms with Crippen molar-refractivity contribution in [1.29, 1.82) is 5.26 Å². The predicted molar refractivity (Wildman–Crippen MR) is 85.2 cm³/mol. The van der Waals surface area contributed by atoms with E-state index in [0.29, 0.717) is 11.4 Å². The third-order valence-corrected chi connectivity index (χ3v) is 4.08. The second-order valence-corrected chi connectivity index (χ2v) is 5.45. The molecular formula is C17H24N4. The van der Waals surface area contributed by atoms with Gasteiger partial charge >= 0.3 is 0 Å². The van der Waals surface area contributed by atoms with Gasteiger partial charge in [-0.15, -0.1) is 5.10 Å². The van der Waals surface area contributed by atoms with Gasteiger partial charge in [0.15, 0.2) is 5.82 Å². The Bertz CT molecular complexity index is 555. The van der Waals surface area contributed by atoms with Gasteiger partial charge in [-0.25, -0.2) is 0 Å². The maximum absolute atomic E-state index is 9.43. The van der Waals surface area contributed by atoms with Crippen LogP contribution in [0.15, 0.2) is 11.6 Å². The Morgan fingerprint density at radius 3 is 2.71 bits per heavy atom. The van der Waals surface area contributed by atoms with E-state index in [0.717, 1.165) is 37.1 Å². The van der Waals surface area contributed by atoms with E-state index in [1.807, 2.05) is 6.92 Å². The molecule has 112 valence electrons. The van der Waals surface area contributed by atoms with Crippen LogP contribution in [0.5, 0.6) is 0 Å². The number of nitriles is 1. The van der Waals surface area contributed by atoms with E-state index < -0.39 is 0 Å². The minimum Gasteiger partial charge on any atom is -0.367 e. The first-order chi connectivity index (χ1) is 10.3. The molecule has 1 N–H and O–H groups in total. The standard InChI is InChI=1S/C17H24N4/c1-3-14-15(12-18)17(21-20-16(14)4-2)19-11-10-13-8-6-5-7-9-13/h8H,3-7,9-11H2,1-2H3,(H,19,21). The number of hydrogen-bond acceptors (Lipinski definition) is 4. The second-order valence-electron chi connectivity index (χ2n) is 5.45. The third kappa shape index (κ3) is 3.81. The van der Waals surface area contributed by atoms with Crippen molar-refractivity contribution in [3.8, 4) is 6.07 Å². The van der Waals surface area contributed by atoms with Gasteiger partial charge < -0.3 is 5.32 Å².